The molecule has 0 aliphatic carbocycles. The Balaban J connectivity index is 1.72. The van der Waals surface area contributed by atoms with Gasteiger partial charge in [0.15, 0.2) is 0 Å². The number of nitrogens with zero attached hydrogens (tertiary/aromatic N) is 2. The van der Waals surface area contributed by atoms with Gasteiger partial charge in [0.1, 0.15) is 0 Å². The fourth-order valence-electron chi connectivity index (χ4n) is 3.13. The van der Waals surface area contributed by atoms with Crippen LogP contribution in [0.15, 0.2) is 24.3 Å². The topological polar surface area (TPSA) is 87.2 Å². The molecule has 3 rings (SSSR count). The number of carboxylic acid groups (broad SMARTS) is 1. The predicted octanol–water partition coefficient (Wildman–Crippen LogP) is 1.13. The molecule has 1 atom stereocenters. The van der Waals surface area contributed by atoms with Crippen molar-refractivity contribution in [2.45, 2.75) is 25.4 Å². The molecule has 0 radical (unpaired) electrons. The summed E-state index contributed by atoms with van der Waals surface area (Å²) in [6, 6.07) is 7.04. The van der Waals surface area contributed by atoms with E-state index in [9.17, 15) is 14.4 Å². The SMILES string of the molecule is O=C(O)C[C@H]1CN(C(=O)c2cccc(N3CCCC3=O)c2)CCO1. The molecular formula is C17H20N2O5. The zero-order chi connectivity index (χ0) is 17.1. The first-order chi connectivity index (χ1) is 11.5. The summed E-state index contributed by atoms with van der Waals surface area (Å²) in [5.41, 5.74) is 1.24. The lowest BCUT2D eigenvalue weighted by molar-refractivity contribution is -0.141. The lowest BCUT2D eigenvalue weighted by Crippen LogP contribution is -2.46. The molecule has 7 heteroatoms. The molecule has 128 valence electrons. The van der Waals surface area contributed by atoms with E-state index in [4.69, 9.17) is 9.84 Å². The zero-order valence-electron chi connectivity index (χ0n) is 13.3. The first kappa shape index (κ1) is 16.4. The van der Waals surface area contributed by atoms with E-state index < -0.39 is 12.1 Å². The Labute approximate surface area is 139 Å². The summed E-state index contributed by atoms with van der Waals surface area (Å²) in [6.45, 7) is 1.70. The third kappa shape index (κ3) is 3.56. The molecule has 2 saturated heterocycles. The van der Waals surface area contributed by atoms with Crippen molar-refractivity contribution in [2.75, 3.05) is 31.1 Å². The number of amides is 2. The summed E-state index contributed by atoms with van der Waals surface area (Å²) in [5, 5.41) is 8.87. The number of carbonyl (C=O) groups excluding carboxylic acids is 2. The largest absolute Gasteiger partial charge is 0.481 e. The van der Waals surface area contributed by atoms with Crippen LogP contribution in [0.2, 0.25) is 0 Å². The van der Waals surface area contributed by atoms with Gasteiger partial charge in [0, 0.05) is 37.3 Å². The highest BCUT2D eigenvalue weighted by Crippen LogP contribution is 2.23. The monoisotopic (exact) mass is 332 g/mol. The number of rotatable bonds is 4. The standard InChI is InChI=1S/C17H20N2O5/c20-15-5-2-6-19(15)13-4-1-3-12(9-13)17(23)18-7-8-24-14(11-18)10-16(21)22/h1,3-4,9,14H,2,5-8,10-11H2,(H,21,22)/t14-/m0/s1. The Kier molecular flexibility index (Phi) is 4.80. The average Bonchev–Trinajstić information content (AvgIpc) is 3.00. The summed E-state index contributed by atoms with van der Waals surface area (Å²) >= 11 is 0. The third-order valence-corrected chi connectivity index (χ3v) is 4.31. The lowest BCUT2D eigenvalue weighted by atomic mass is 10.1. The second kappa shape index (κ2) is 7.00. The van der Waals surface area contributed by atoms with Gasteiger partial charge in [-0.05, 0) is 24.6 Å². The Morgan fingerprint density at radius 1 is 1.29 bits per heavy atom. The smallest absolute Gasteiger partial charge is 0.306 e. The Morgan fingerprint density at radius 2 is 2.12 bits per heavy atom. The van der Waals surface area contributed by atoms with Crippen LogP contribution in [0.25, 0.3) is 0 Å². The molecule has 1 N–H and O–H groups in total. The van der Waals surface area contributed by atoms with Crippen LogP contribution < -0.4 is 4.90 Å². The molecule has 0 saturated carbocycles. The highest BCUT2D eigenvalue weighted by atomic mass is 16.5. The van der Waals surface area contributed by atoms with E-state index in [-0.39, 0.29) is 24.8 Å². The fraction of sp³-hybridized carbons (Fsp3) is 0.471. The van der Waals surface area contributed by atoms with Gasteiger partial charge in [-0.2, -0.15) is 0 Å². The molecular weight excluding hydrogens is 312 g/mol. The molecule has 1 aromatic rings. The van der Waals surface area contributed by atoms with Gasteiger partial charge in [0.2, 0.25) is 5.91 Å². The summed E-state index contributed by atoms with van der Waals surface area (Å²) in [6.07, 6.45) is 0.769. The quantitative estimate of drug-likeness (QED) is 0.893. The molecule has 0 bridgehead atoms. The molecule has 0 unspecified atom stereocenters. The van der Waals surface area contributed by atoms with Gasteiger partial charge in [-0.1, -0.05) is 6.07 Å². The van der Waals surface area contributed by atoms with Gasteiger partial charge >= 0.3 is 5.97 Å². The van der Waals surface area contributed by atoms with Crippen molar-refractivity contribution in [3.8, 4) is 0 Å². The molecule has 1 aromatic carbocycles. The number of carboxylic acids is 1. The molecule has 2 aliphatic rings. The van der Waals surface area contributed by atoms with Crippen LogP contribution >= 0.6 is 0 Å². The van der Waals surface area contributed by atoms with Crippen LogP contribution in [-0.4, -0.2) is 60.1 Å². The maximum atomic E-state index is 12.7. The van der Waals surface area contributed by atoms with Gasteiger partial charge in [-0.15, -0.1) is 0 Å². The number of hydrogen-bond donors (Lipinski definition) is 1. The van der Waals surface area contributed by atoms with E-state index in [1.54, 1.807) is 28.0 Å². The van der Waals surface area contributed by atoms with Gasteiger partial charge < -0.3 is 19.6 Å². The summed E-state index contributed by atoms with van der Waals surface area (Å²) in [7, 11) is 0. The van der Waals surface area contributed by atoms with Crippen LogP contribution in [-0.2, 0) is 14.3 Å². The third-order valence-electron chi connectivity index (χ3n) is 4.31. The number of anilines is 1. The summed E-state index contributed by atoms with van der Waals surface area (Å²) < 4.78 is 5.40. The minimum atomic E-state index is -0.941. The van der Waals surface area contributed by atoms with E-state index >= 15 is 0 Å². The van der Waals surface area contributed by atoms with Crippen molar-refractivity contribution in [1.29, 1.82) is 0 Å². The van der Waals surface area contributed by atoms with Crippen molar-refractivity contribution in [3.63, 3.8) is 0 Å². The molecule has 24 heavy (non-hydrogen) atoms. The van der Waals surface area contributed by atoms with Gasteiger partial charge in [0.05, 0.1) is 19.1 Å². The number of hydrogen-bond acceptors (Lipinski definition) is 4. The number of ether oxygens (including phenoxy) is 1. The number of aliphatic carboxylic acids is 1. The molecule has 2 fully saturated rings. The van der Waals surface area contributed by atoms with Crippen molar-refractivity contribution in [3.05, 3.63) is 29.8 Å². The van der Waals surface area contributed by atoms with Gasteiger partial charge in [0.25, 0.3) is 5.91 Å². The number of benzene rings is 1. The molecule has 0 spiro atoms. The van der Waals surface area contributed by atoms with Gasteiger partial charge in [-0.3, -0.25) is 14.4 Å². The summed E-state index contributed by atoms with van der Waals surface area (Å²) in [4.78, 5) is 38.7. The first-order valence-electron chi connectivity index (χ1n) is 8.07. The molecule has 2 heterocycles. The van der Waals surface area contributed by atoms with Crippen LogP contribution in [0, 0.1) is 0 Å². The highest BCUT2D eigenvalue weighted by molar-refractivity contribution is 5.99. The van der Waals surface area contributed by atoms with Crippen LogP contribution in [0.5, 0.6) is 0 Å². The minimum absolute atomic E-state index is 0.0764. The van der Waals surface area contributed by atoms with E-state index in [0.29, 0.717) is 31.7 Å². The van der Waals surface area contributed by atoms with Gasteiger partial charge in [-0.25, -0.2) is 0 Å². The zero-order valence-corrected chi connectivity index (χ0v) is 13.3. The fourth-order valence-corrected chi connectivity index (χ4v) is 3.13. The van der Waals surface area contributed by atoms with Crippen LogP contribution in [0.1, 0.15) is 29.6 Å². The maximum Gasteiger partial charge on any atom is 0.306 e. The second-order valence-electron chi connectivity index (χ2n) is 6.04. The van der Waals surface area contributed by atoms with E-state index in [1.807, 2.05) is 6.07 Å². The van der Waals surface area contributed by atoms with Crippen molar-refractivity contribution in [2.24, 2.45) is 0 Å². The summed E-state index contributed by atoms with van der Waals surface area (Å²) in [5.74, 6) is -1.03. The lowest BCUT2D eigenvalue weighted by Gasteiger charge is -2.32. The van der Waals surface area contributed by atoms with E-state index in [0.717, 1.165) is 12.1 Å². The number of carbonyl (C=O) groups is 3. The van der Waals surface area contributed by atoms with E-state index in [1.165, 1.54) is 0 Å². The number of morpholine rings is 1. The molecule has 0 aromatic heterocycles. The van der Waals surface area contributed by atoms with Crippen molar-refractivity contribution in [1.82, 2.24) is 4.90 Å². The van der Waals surface area contributed by atoms with Crippen LogP contribution in [0.3, 0.4) is 0 Å². The normalized spacial score (nSPS) is 21.2. The van der Waals surface area contributed by atoms with E-state index in [2.05, 4.69) is 0 Å². The predicted molar refractivity (Wildman–Crippen MR) is 85.9 cm³/mol. The second-order valence-corrected chi connectivity index (χ2v) is 6.04. The molecule has 2 aliphatic heterocycles. The Hall–Kier alpha value is -2.41. The first-order valence-corrected chi connectivity index (χ1v) is 8.07. The maximum absolute atomic E-state index is 12.7. The highest BCUT2D eigenvalue weighted by Gasteiger charge is 2.27. The van der Waals surface area contributed by atoms with Crippen molar-refractivity contribution < 1.29 is 24.2 Å². The average molecular weight is 332 g/mol. The Bertz CT molecular complexity index is 660. The molecule has 7 nitrogen and oxygen atoms in total. The Morgan fingerprint density at radius 3 is 2.83 bits per heavy atom. The molecule has 2 amide bonds. The van der Waals surface area contributed by atoms with Crippen LogP contribution in [0.4, 0.5) is 5.69 Å². The van der Waals surface area contributed by atoms with Crippen molar-refractivity contribution >= 4 is 23.5 Å². The minimum Gasteiger partial charge on any atom is -0.481 e.